The first-order valence-electron chi connectivity index (χ1n) is 11.4. The monoisotopic (exact) mass is 427 g/mol. The summed E-state index contributed by atoms with van der Waals surface area (Å²) >= 11 is 6.40. The molecule has 0 radical (unpaired) electrons. The van der Waals surface area contributed by atoms with Gasteiger partial charge in [-0.2, -0.15) is 0 Å². The standard InChI is InChI=1S/C25H34ClN3O/c26-23-18-24(20-25(19-23)30-21-22-8-3-1-4-9-22)29-16-14-28(15-17-29)13-7-12-27-10-5-2-6-11-27/h1,3-4,8-9,18-20H,2,5-7,10-17,21H2. The number of piperazine rings is 1. The highest BCUT2D eigenvalue weighted by Crippen LogP contribution is 2.28. The van der Waals surface area contributed by atoms with Gasteiger partial charge < -0.3 is 14.5 Å². The second-order valence-electron chi connectivity index (χ2n) is 8.50. The Balaban J connectivity index is 1.24. The summed E-state index contributed by atoms with van der Waals surface area (Å²) in [6.45, 7) is 9.96. The molecule has 0 spiro atoms. The lowest BCUT2D eigenvalue weighted by molar-refractivity contribution is 0.198. The molecular formula is C25H34ClN3O. The van der Waals surface area contributed by atoms with Gasteiger partial charge in [0, 0.05) is 43.0 Å². The van der Waals surface area contributed by atoms with E-state index < -0.39 is 0 Å². The van der Waals surface area contributed by atoms with Gasteiger partial charge in [-0.05, 0) is 63.1 Å². The van der Waals surface area contributed by atoms with Crippen molar-refractivity contribution in [2.75, 3.05) is 57.3 Å². The minimum Gasteiger partial charge on any atom is -0.489 e. The van der Waals surface area contributed by atoms with E-state index in [1.54, 1.807) is 0 Å². The van der Waals surface area contributed by atoms with Crippen LogP contribution in [-0.4, -0.2) is 62.2 Å². The third-order valence-corrected chi connectivity index (χ3v) is 6.46. The van der Waals surface area contributed by atoms with E-state index in [-0.39, 0.29) is 0 Å². The number of nitrogens with zero attached hydrogens (tertiary/aromatic N) is 3. The molecule has 5 heteroatoms. The number of anilines is 1. The van der Waals surface area contributed by atoms with Crippen molar-refractivity contribution < 1.29 is 4.74 Å². The van der Waals surface area contributed by atoms with Crippen LogP contribution in [0.2, 0.25) is 5.02 Å². The predicted octanol–water partition coefficient (Wildman–Crippen LogP) is 4.92. The first-order valence-corrected chi connectivity index (χ1v) is 11.8. The number of likely N-dealkylation sites (tertiary alicyclic amines) is 1. The third-order valence-electron chi connectivity index (χ3n) is 6.24. The van der Waals surface area contributed by atoms with Gasteiger partial charge in [0.2, 0.25) is 0 Å². The van der Waals surface area contributed by atoms with E-state index in [0.717, 1.165) is 42.5 Å². The van der Waals surface area contributed by atoms with Gasteiger partial charge in [-0.25, -0.2) is 0 Å². The van der Waals surface area contributed by atoms with E-state index in [1.807, 2.05) is 24.3 Å². The van der Waals surface area contributed by atoms with Gasteiger partial charge in [-0.3, -0.25) is 4.90 Å². The SMILES string of the molecule is Clc1cc(OCc2ccccc2)cc(N2CCN(CCCN3CCCCC3)CC2)c1. The number of benzene rings is 2. The third kappa shape index (κ3) is 6.37. The van der Waals surface area contributed by atoms with Crippen LogP contribution >= 0.6 is 11.6 Å². The summed E-state index contributed by atoms with van der Waals surface area (Å²) in [5, 5.41) is 0.736. The van der Waals surface area contributed by atoms with Gasteiger partial charge in [-0.15, -0.1) is 0 Å². The Labute approximate surface area is 186 Å². The van der Waals surface area contributed by atoms with Crippen LogP contribution in [0.25, 0.3) is 0 Å². The largest absolute Gasteiger partial charge is 0.489 e. The maximum atomic E-state index is 6.40. The average molecular weight is 428 g/mol. The van der Waals surface area contributed by atoms with Gasteiger partial charge in [0.05, 0.1) is 0 Å². The second-order valence-corrected chi connectivity index (χ2v) is 8.94. The molecular weight excluding hydrogens is 394 g/mol. The Bertz CT molecular complexity index is 771. The smallest absolute Gasteiger partial charge is 0.123 e. The van der Waals surface area contributed by atoms with Crippen molar-refractivity contribution >= 4 is 17.3 Å². The quantitative estimate of drug-likeness (QED) is 0.595. The Kier molecular flexibility index (Phi) is 7.90. The summed E-state index contributed by atoms with van der Waals surface area (Å²) in [5.74, 6) is 0.838. The van der Waals surface area contributed by atoms with E-state index >= 15 is 0 Å². The number of halogens is 1. The summed E-state index contributed by atoms with van der Waals surface area (Å²) in [4.78, 5) is 7.68. The Morgan fingerprint density at radius 3 is 2.20 bits per heavy atom. The molecule has 30 heavy (non-hydrogen) atoms. The number of hydrogen-bond acceptors (Lipinski definition) is 4. The molecule has 2 fully saturated rings. The van der Waals surface area contributed by atoms with Crippen molar-refractivity contribution in [3.63, 3.8) is 0 Å². The van der Waals surface area contributed by atoms with Gasteiger partial charge >= 0.3 is 0 Å². The van der Waals surface area contributed by atoms with E-state index in [0.29, 0.717) is 6.61 Å². The molecule has 0 N–H and O–H groups in total. The van der Waals surface area contributed by atoms with Crippen molar-refractivity contribution in [2.45, 2.75) is 32.3 Å². The molecule has 2 aromatic carbocycles. The fraction of sp³-hybridized carbons (Fsp3) is 0.520. The average Bonchev–Trinajstić information content (AvgIpc) is 2.79. The molecule has 4 nitrogen and oxygen atoms in total. The zero-order valence-corrected chi connectivity index (χ0v) is 18.7. The molecule has 0 unspecified atom stereocenters. The van der Waals surface area contributed by atoms with Crippen molar-refractivity contribution in [2.24, 2.45) is 0 Å². The number of ether oxygens (including phenoxy) is 1. The summed E-state index contributed by atoms with van der Waals surface area (Å²) < 4.78 is 6.01. The van der Waals surface area contributed by atoms with Crippen molar-refractivity contribution in [1.29, 1.82) is 0 Å². The lowest BCUT2D eigenvalue weighted by Crippen LogP contribution is -2.47. The highest BCUT2D eigenvalue weighted by atomic mass is 35.5. The van der Waals surface area contributed by atoms with Crippen molar-refractivity contribution in [1.82, 2.24) is 9.80 Å². The Morgan fingerprint density at radius 1 is 0.767 bits per heavy atom. The molecule has 0 bridgehead atoms. The predicted molar refractivity (Wildman–Crippen MR) is 126 cm³/mol. The summed E-state index contributed by atoms with van der Waals surface area (Å²) in [5.41, 5.74) is 2.33. The minimum absolute atomic E-state index is 0.561. The van der Waals surface area contributed by atoms with Crippen molar-refractivity contribution in [3.8, 4) is 5.75 Å². The number of piperidine rings is 1. The first-order chi connectivity index (χ1) is 14.8. The highest BCUT2D eigenvalue weighted by molar-refractivity contribution is 6.31. The topological polar surface area (TPSA) is 19.0 Å². The van der Waals surface area contributed by atoms with Crippen LogP contribution in [0, 0.1) is 0 Å². The maximum Gasteiger partial charge on any atom is 0.123 e. The van der Waals surface area contributed by atoms with Crippen LogP contribution in [0.15, 0.2) is 48.5 Å². The summed E-state index contributed by atoms with van der Waals surface area (Å²) in [6.07, 6.45) is 5.47. The van der Waals surface area contributed by atoms with E-state index in [2.05, 4.69) is 39.0 Å². The molecule has 0 aliphatic carbocycles. The fourth-order valence-corrected chi connectivity index (χ4v) is 4.70. The fourth-order valence-electron chi connectivity index (χ4n) is 4.49. The van der Waals surface area contributed by atoms with Gasteiger partial charge in [0.1, 0.15) is 12.4 Å². The molecule has 2 aliphatic rings. The zero-order chi connectivity index (χ0) is 20.6. The van der Waals surface area contributed by atoms with Crippen molar-refractivity contribution in [3.05, 3.63) is 59.1 Å². The van der Waals surface area contributed by atoms with Crippen LogP contribution in [0.5, 0.6) is 5.75 Å². The van der Waals surface area contributed by atoms with Crippen LogP contribution in [0.4, 0.5) is 5.69 Å². The first kappa shape index (κ1) is 21.5. The van der Waals surface area contributed by atoms with E-state index in [9.17, 15) is 0 Å². The molecule has 0 aromatic heterocycles. The highest BCUT2D eigenvalue weighted by Gasteiger charge is 2.18. The molecule has 4 rings (SSSR count). The zero-order valence-electron chi connectivity index (χ0n) is 17.9. The molecule has 2 aromatic rings. The Hall–Kier alpha value is -1.75. The minimum atomic E-state index is 0.561. The Morgan fingerprint density at radius 2 is 1.47 bits per heavy atom. The van der Waals surface area contributed by atoms with Gasteiger partial charge in [-0.1, -0.05) is 48.4 Å². The van der Waals surface area contributed by atoms with Crippen LogP contribution in [-0.2, 0) is 6.61 Å². The normalized spacial score (nSPS) is 18.5. The molecule has 2 saturated heterocycles. The van der Waals surface area contributed by atoms with Gasteiger partial charge in [0.15, 0.2) is 0 Å². The molecule has 162 valence electrons. The van der Waals surface area contributed by atoms with E-state index in [1.165, 1.54) is 57.5 Å². The van der Waals surface area contributed by atoms with Crippen LogP contribution in [0.3, 0.4) is 0 Å². The molecule has 0 amide bonds. The van der Waals surface area contributed by atoms with E-state index in [4.69, 9.17) is 16.3 Å². The lowest BCUT2D eigenvalue weighted by Gasteiger charge is -2.36. The summed E-state index contributed by atoms with van der Waals surface area (Å²) in [6, 6.07) is 16.3. The number of hydrogen-bond donors (Lipinski definition) is 0. The second kappa shape index (κ2) is 11.0. The molecule has 2 heterocycles. The van der Waals surface area contributed by atoms with Gasteiger partial charge in [0.25, 0.3) is 0 Å². The molecule has 0 atom stereocenters. The maximum absolute atomic E-state index is 6.40. The number of rotatable bonds is 8. The molecule has 0 saturated carbocycles. The van der Waals surface area contributed by atoms with Crippen LogP contribution in [0.1, 0.15) is 31.2 Å². The van der Waals surface area contributed by atoms with Crippen LogP contribution < -0.4 is 9.64 Å². The lowest BCUT2D eigenvalue weighted by atomic mass is 10.1. The molecule has 2 aliphatic heterocycles. The summed E-state index contributed by atoms with van der Waals surface area (Å²) in [7, 11) is 0.